The maximum atomic E-state index is 15.2. The molecule has 2 heterocycles. The molecule has 0 atom stereocenters. The van der Waals surface area contributed by atoms with E-state index in [4.69, 9.17) is 15.5 Å². The number of imidazole rings is 1. The highest BCUT2D eigenvalue weighted by Crippen LogP contribution is 2.43. The second kappa shape index (κ2) is 9.02. The van der Waals surface area contributed by atoms with Crippen LogP contribution in [0.15, 0.2) is 48.8 Å². The Labute approximate surface area is 203 Å². The number of hydrogen-bond acceptors (Lipinski definition) is 5. The van der Waals surface area contributed by atoms with Crippen molar-refractivity contribution in [2.45, 2.75) is 32.6 Å². The molecule has 1 fully saturated rings. The SMILES string of the molecule is COc1cccc(-c2cn3c(-c4ccc(C(N)=O)c(C5CC5)c4)cnc3c(NCC(C)C)n2)c1F. The number of methoxy groups -OCH3 is 1. The van der Waals surface area contributed by atoms with E-state index in [0.29, 0.717) is 46.7 Å². The van der Waals surface area contributed by atoms with E-state index in [1.807, 2.05) is 16.5 Å². The topological polar surface area (TPSA) is 94.5 Å². The molecule has 35 heavy (non-hydrogen) atoms. The summed E-state index contributed by atoms with van der Waals surface area (Å²) in [5, 5.41) is 3.36. The first-order valence-electron chi connectivity index (χ1n) is 11.8. The number of ether oxygens (including phenoxy) is 1. The quantitative estimate of drug-likeness (QED) is 0.364. The van der Waals surface area contributed by atoms with Crippen LogP contribution in [0, 0.1) is 11.7 Å². The fraction of sp³-hybridized carbons (Fsp3) is 0.296. The molecule has 1 aliphatic rings. The molecule has 7 nitrogen and oxygen atoms in total. The van der Waals surface area contributed by atoms with E-state index in [9.17, 15) is 4.79 Å². The minimum Gasteiger partial charge on any atom is -0.494 e. The molecule has 0 saturated heterocycles. The van der Waals surface area contributed by atoms with Crippen LogP contribution in [0.1, 0.15) is 48.5 Å². The van der Waals surface area contributed by atoms with Crippen LogP contribution in [0.3, 0.4) is 0 Å². The molecule has 1 amide bonds. The van der Waals surface area contributed by atoms with E-state index in [-0.39, 0.29) is 5.75 Å². The first-order valence-corrected chi connectivity index (χ1v) is 11.8. The van der Waals surface area contributed by atoms with E-state index >= 15 is 4.39 Å². The zero-order chi connectivity index (χ0) is 24.7. The molecule has 1 aliphatic carbocycles. The van der Waals surface area contributed by atoms with E-state index in [2.05, 4.69) is 24.1 Å². The van der Waals surface area contributed by atoms with Gasteiger partial charge < -0.3 is 15.8 Å². The first kappa shape index (κ1) is 22.8. The van der Waals surface area contributed by atoms with Gasteiger partial charge in [0.25, 0.3) is 0 Å². The van der Waals surface area contributed by atoms with Gasteiger partial charge in [-0.25, -0.2) is 14.4 Å². The van der Waals surface area contributed by atoms with Crippen LogP contribution in [-0.2, 0) is 0 Å². The van der Waals surface area contributed by atoms with Crippen molar-refractivity contribution in [3.63, 3.8) is 0 Å². The zero-order valence-corrected chi connectivity index (χ0v) is 20.0. The van der Waals surface area contributed by atoms with Crippen molar-refractivity contribution in [1.29, 1.82) is 0 Å². The summed E-state index contributed by atoms with van der Waals surface area (Å²) in [6.07, 6.45) is 5.65. The van der Waals surface area contributed by atoms with Gasteiger partial charge in [0.1, 0.15) is 0 Å². The number of aromatic nitrogens is 3. The number of anilines is 1. The van der Waals surface area contributed by atoms with Crippen molar-refractivity contribution < 1.29 is 13.9 Å². The van der Waals surface area contributed by atoms with Gasteiger partial charge in [0, 0.05) is 29.4 Å². The van der Waals surface area contributed by atoms with Gasteiger partial charge in [0.15, 0.2) is 23.0 Å². The summed E-state index contributed by atoms with van der Waals surface area (Å²) in [6.45, 7) is 4.90. The highest BCUT2D eigenvalue weighted by atomic mass is 19.1. The summed E-state index contributed by atoms with van der Waals surface area (Å²) in [5.41, 5.74) is 10.3. The molecule has 5 rings (SSSR count). The predicted molar refractivity (Wildman–Crippen MR) is 134 cm³/mol. The Morgan fingerprint density at radius 3 is 2.77 bits per heavy atom. The fourth-order valence-corrected chi connectivity index (χ4v) is 4.30. The molecule has 2 aromatic carbocycles. The number of nitrogens with zero attached hydrogens (tertiary/aromatic N) is 3. The Kier molecular flexibility index (Phi) is 5.88. The summed E-state index contributed by atoms with van der Waals surface area (Å²) in [7, 11) is 1.44. The Morgan fingerprint density at radius 2 is 2.09 bits per heavy atom. The lowest BCUT2D eigenvalue weighted by atomic mass is 9.98. The van der Waals surface area contributed by atoms with Crippen LogP contribution >= 0.6 is 0 Å². The standard InChI is InChI=1S/C27H28FN5O2/c1-15(2)12-30-26-27-31-13-22(17-9-10-18(25(29)34)20(11-17)16-7-8-16)33(27)14-21(32-26)19-5-4-6-23(35-3)24(19)28/h4-6,9-11,13-16H,7-8,12H2,1-3H3,(H2,29,34)(H,30,32). The number of rotatable bonds is 8. The largest absolute Gasteiger partial charge is 0.494 e. The van der Waals surface area contributed by atoms with Crippen molar-refractivity contribution >= 4 is 17.4 Å². The molecule has 4 aromatic rings. The van der Waals surface area contributed by atoms with Crippen LogP contribution < -0.4 is 15.8 Å². The van der Waals surface area contributed by atoms with Gasteiger partial charge in [-0.15, -0.1) is 0 Å². The highest BCUT2D eigenvalue weighted by molar-refractivity contribution is 5.95. The number of halogens is 1. The third-order valence-corrected chi connectivity index (χ3v) is 6.26. The van der Waals surface area contributed by atoms with Gasteiger partial charge in [-0.3, -0.25) is 9.20 Å². The van der Waals surface area contributed by atoms with Crippen LogP contribution in [0.2, 0.25) is 0 Å². The number of carbonyl (C=O) groups excluding carboxylic acids is 1. The van der Waals surface area contributed by atoms with Crippen LogP contribution in [0.4, 0.5) is 10.2 Å². The van der Waals surface area contributed by atoms with Crippen molar-refractivity contribution in [3.8, 4) is 28.3 Å². The number of fused-ring (bicyclic) bond motifs is 1. The van der Waals surface area contributed by atoms with E-state index < -0.39 is 11.7 Å². The number of primary amides is 1. The highest BCUT2D eigenvalue weighted by Gasteiger charge is 2.28. The van der Waals surface area contributed by atoms with E-state index in [1.165, 1.54) is 7.11 Å². The first-order chi connectivity index (χ1) is 16.9. The van der Waals surface area contributed by atoms with Crippen molar-refractivity contribution in [1.82, 2.24) is 14.4 Å². The Bertz CT molecular complexity index is 1420. The number of amides is 1. The molecule has 2 aromatic heterocycles. The molecular weight excluding hydrogens is 445 g/mol. The van der Waals surface area contributed by atoms with Gasteiger partial charge in [0.2, 0.25) is 5.91 Å². The smallest absolute Gasteiger partial charge is 0.248 e. The normalized spacial score (nSPS) is 13.4. The van der Waals surface area contributed by atoms with Gasteiger partial charge in [-0.2, -0.15) is 0 Å². The lowest BCUT2D eigenvalue weighted by Crippen LogP contribution is -2.13. The molecular formula is C27H28FN5O2. The molecule has 1 saturated carbocycles. The molecule has 180 valence electrons. The molecule has 3 N–H and O–H groups in total. The maximum Gasteiger partial charge on any atom is 0.248 e. The number of nitrogens with two attached hydrogens (primary N) is 1. The number of nitrogens with one attached hydrogen (secondary N) is 1. The summed E-state index contributed by atoms with van der Waals surface area (Å²) in [5.74, 6) is 0.565. The van der Waals surface area contributed by atoms with E-state index in [1.54, 1.807) is 36.7 Å². The summed E-state index contributed by atoms with van der Waals surface area (Å²) in [4.78, 5) is 21.3. The third kappa shape index (κ3) is 4.32. The second-order valence-corrected chi connectivity index (χ2v) is 9.35. The average Bonchev–Trinajstić information content (AvgIpc) is 3.61. The lowest BCUT2D eigenvalue weighted by molar-refractivity contribution is 0.0999. The molecule has 0 radical (unpaired) electrons. The molecule has 0 bridgehead atoms. The van der Waals surface area contributed by atoms with Crippen molar-refractivity contribution in [2.24, 2.45) is 11.7 Å². The predicted octanol–water partition coefficient (Wildman–Crippen LogP) is 5.26. The zero-order valence-electron chi connectivity index (χ0n) is 20.0. The van der Waals surface area contributed by atoms with Crippen LogP contribution in [0.5, 0.6) is 5.75 Å². The van der Waals surface area contributed by atoms with Gasteiger partial charge >= 0.3 is 0 Å². The average molecular weight is 474 g/mol. The Hall–Kier alpha value is -3.94. The van der Waals surface area contributed by atoms with Gasteiger partial charge in [0.05, 0.1) is 24.7 Å². The third-order valence-electron chi connectivity index (χ3n) is 6.26. The Balaban J connectivity index is 1.69. The second-order valence-electron chi connectivity index (χ2n) is 9.35. The summed E-state index contributed by atoms with van der Waals surface area (Å²) in [6, 6.07) is 10.7. The monoisotopic (exact) mass is 473 g/mol. The number of benzene rings is 2. The minimum absolute atomic E-state index is 0.156. The fourth-order valence-electron chi connectivity index (χ4n) is 4.30. The van der Waals surface area contributed by atoms with E-state index in [0.717, 1.165) is 29.7 Å². The van der Waals surface area contributed by atoms with Gasteiger partial charge in [-0.05, 0) is 54.5 Å². The maximum absolute atomic E-state index is 15.2. The van der Waals surface area contributed by atoms with Crippen LogP contribution in [0.25, 0.3) is 28.2 Å². The summed E-state index contributed by atoms with van der Waals surface area (Å²) >= 11 is 0. The van der Waals surface area contributed by atoms with Gasteiger partial charge in [-0.1, -0.05) is 26.0 Å². The summed E-state index contributed by atoms with van der Waals surface area (Å²) < 4.78 is 22.3. The van der Waals surface area contributed by atoms with Crippen molar-refractivity contribution in [2.75, 3.05) is 19.0 Å². The molecule has 0 spiro atoms. The van der Waals surface area contributed by atoms with Crippen molar-refractivity contribution in [3.05, 3.63) is 65.7 Å². The lowest BCUT2D eigenvalue weighted by Gasteiger charge is -2.14. The number of hydrogen-bond donors (Lipinski definition) is 2. The molecule has 0 aliphatic heterocycles. The number of carbonyl (C=O) groups is 1. The molecule has 0 unspecified atom stereocenters. The van der Waals surface area contributed by atoms with Crippen LogP contribution in [-0.4, -0.2) is 33.9 Å². The molecule has 8 heteroatoms. The minimum atomic E-state index is -0.472. The Morgan fingerprint density at radius 1 is 1.29 bits per heavy atom.